The number of rotatable bonds is 5. The second kappa shape index (κ2) is 7.76. The molecule has 0 fully saturated rings. The number of aromatic nitrogens is 2. The number of aromatic hydroxyl groups is 3. The van der Waals surface area contributed by atoms with Crippen LogP contribution in [0.2, 0.25) is 0 Å². The lowest BCUT2D eigenvalue weighted by molar-refractivity contribution is 0.162. The van der Waals surface area contributed by atoms with Gasteiger partial charge in [-0.25, -0.2) is 4.98 Å². The summed E-state index contributed by atoms with van der Waals surface area (Å²) in [7, 11) is 1.46. The maximum Gasteiger partial charge on any atom is 0.227 e. The lowest BCUT2D eigenvalue weighted by atomic mass is 10.1. The van der Waals surface area contributed by atoms with Crippen molar-refractivity contribution in [2.45, 2.75) is 6.61 Å². The predicted octanol–water partition coefficient (Wildman–Crippen LogP) is 3.63. The number of ether oxygens (including phenoxy) is 1. The van der Waals surface area contributed by atoms with Gasteiger partial charge in [-0.1, -0.05) is 30.3 Å². The number of imidazole rings is 1. The largest absolute Gasteiger partial charge is 0.508 e. The van der Waals surface area contributed by atoms with Gasteiger partial charge in [0.15, 0.2) is 5.76 Å². The Balaban J connectivity index is 1.99. The van der Waals surface area contributed by atoms with Crippen molar-refractivity contribution in [3.63, 3.8) is 0 Å². The molecule has 4 rings (SSSR count). The van der Waals surface area contributed by atoms with Gasteiger partial charge in [-0.2, -0.15) is 0 Å². The maximum atomic E-state index is 12.3. The van der Waals surface area contributed by atoms with Crippen molar-refractivity contribution in [3.05, 3.63) is 70.6 Å². The fraction of sp³-hybridized carbons (Fsp3) is 0.0909. The SMILES string of the molecule is COCc1cc(=O)c(O)c(-c2[nH]c(-c3cc(O)ccc3O)nc2-c2ccccc2)o1. The second-order valence-electron chi connectivity index (χ2n) is 6.56. The zero-order valence-electron chi connectivity index (χ0n) is 15.9. The molecule has 152 valence electrons. The molecule has 2 aromatic carbocycles. The van der Waals surface area contributed by atoms with Crippen LogP contribution in [-0.4, -0.2) is 32.4 Å². The number of hydrogen-bond donors (Lipinski definition) is 4. The Morgan fingerprint density at radius 1 is 1.07 bits per heavy atom. The first-order valence-corrected chi connectivity index (χ1v) is 9.01. The number of phenolic OH excluding ortho intramolecular Hbond substituents is 2. The Labute approximate surface area is 170 Å². The van der Waals surface area contributed by atoms with Gasteiger partial charge in [-0.05, 0) is 18.2 Å². The Morgan fingerprint density at radius 2 is 1.83 bits per heavy atom. The topological polar surface area (TPSA) is 129 Å². The molecule has 0 atom stereocenters. The van der Waals surface area contributed by atoms with E-state index in [4.69, 9.17) is 9.15 Å². The van der Waals surface area contributed by atoms with E-state index in [2.05, 4.69) is 9.97 Å². The molecular formula is C22H18N2O6. The molecule has 0 radical (unpaired) electrons. The highest BCUT2D eigenvalue weighted by Crippen LogP contribution is 2.38. The van der Waals surface area contributed by atoms with Crippen LogP contribution in [-0.2, 0) is 11.3 Å². The van der Waals surface area contributed by atoms with Crippen LogP contribution in [0.15, 0.2) is 63.8 Å². The Hall–Kier alpha value is -4.04. The van der Waals surface area contributed by atoms with Gasteiger partial charge >= 0.3 is 0 Å². The van der Waals surface area contributed by atoms with E-state index in [0.717, 1.165) is 6.07 Å². The number of aromatic amines is 1. The second-order valence-corrected chi connectivity index (χ2v) is 6.56. The van der Waals surface area contributed by atoms with E-state index in [-0.39, 0.29) is 46.7 Å². The summed E-state index contributed by atoms with van der Waals surface area (Å²) in [6, 6.07) is 14.3. The van der Waals surface area contributed by atoms with Gasteiger partial charge in [-0.3, -0.25) is 4.79 Å². The van der Waals surface area contributed by atoms with Gasteiger partial charge in [0.05, 0.1) is 5.56 Å². The van der Waals surface area contributed by atoms with Crippen LogP contribution in [0.3, 0.4) is 0 Å². The van der Waals surface area contributed by atoms with E-state index in [0.29, 0.717) is 11.3 Å². The summed E-state index contributed by atoms with van der Waals surface area (Å²) in [5.74, 6) is -0.402. The van der Waals surface area contributed by atoms with Crippen molar-refractivity contribution in [1.29, 1.82) is 0 Å². The summed E-state index contributed by atoms with van der Waals surface area (Å²) < 4.78 is 10.8. The summed E-state index contributed by atoms with van der Waals surface area (Å²) in [4.78, 5) is 19.8. The van der Waals surface area contributed by atoms with Crippen LogP contribution in [0.4, 0.5) is 0 Å². The minimum atomic E-state index is -0.626. The van der Waals surface area contributed by atoms with E-state index >= 15 is 0 Å². The van der Waals surface area contributed by atoms with Crippen LogP contribution >= 0.6 is 0 Å². The monoisotopic (exact) mass is 406 g/mol. The molecule has 0 bridgehead atoms. The van der Waals surface area contributed by atoms with Gasteiger partial charge in [0, 0.05) is 18.7 Å². The highest BCUT2D eigenvalue weighted by Gasteiger charge is 2.23. The van der Waals surface area contributed by atoms with Crippen molar-refractivity contribution < 1.29 is 24.5 Å². The first-order chi connectivity index (χ1) is 14.5. The number of nitrogens with one attached hydrogen (secondary N) is 1. The third-order valence-electron chi connectivity index (χ3n) is 4.47. The van der Waals surface area contributed by atoms with E-state index in [9.17, 15) is 20.1 Å². The average Bonchev–Trinajstić information content (AvgIpc) is 3.18. The van der Waals surface area contributed by atoms with E-state index < -0.39 is 11.2 Å². The Bertz CT molecular complexity index is 1260. The fourth-order valence-corrected chi connectivity index (χ4v) is 3.10. The van der Waals surface area contributed by atoms with Crippen molar-refractivity contribution in [2.75, 3.05) is 7.11 Å². The lowest BCUT2D eigenvalue weighted by Gasteiger charge is -2.07. The van der Waals surface area contributed by atoms with Crippen LogP contribution in [0, 0.1) is 0 Å². The minimum Gasteiger partial charge on any atom is -0.508 e. The molecule has 0 aliphatic carbocycles. The normalized spacial score (nSPS) is 11.0. The molecule has 0 unspecified atom stereocenters. The molecule has 8 nitrogen and oxygen atoms in total. The Kier molecular flexibility index (Phi) is 4.99. The fourth-order valence-electron chi connectivity index (χ4n) is 3.10. The molecule has 0 saturated carbocycles. The average molecular weight is 406 g/mol. The van der Waals surface area contributed by atoms with E-state index in [1.165, 1.54) is 25.3 Å². The lowest BCUT2D eigenvalue weighted by Crippen LogP contribution is -2.04. The highest BCUT2D eigenvalue weighted by atomic mass is 16.5. The van der Waals surface area contributed by atoms with Crippen molar-refractivity contribution in [2.24, 2.45) is 0 Å². The first kappa shape index (κ1) is 19.3. The van der Waals surface area contributed by atoms with Gasteiger partial charge < -0.3 is 29.5 Å². The number of methoxy groups -OCH3 is 1. The molecule has 0 aliphatic rings. The predicted molar refractivity (Wildman–Crippen MR) is 109 cm³/mol. The molecule has 2 aromatic heterocycles. The summed E-state index contributed by atoms with van der Waals surface area (Å²) in [6.45, 7) is 0.0392. The van der Waals surface area contributed by atoms with E-state index in [1.807, 2.05) is 18.2 Å². The summed E-state index contributed by atoms with van der Waals surface area (Å²) >= 11 is 0. The van der Waals surface area contributed by atoms with Crippen molar-refractivity contribution >= 4 is 0 Å². The number of H-pyrrole nitrogens is 1. The molecule has 30 heavy (non-hydrogen) atoms. The van der Waals surface area contributed by atoms with E-state index in [1.54, 1.807) is 12.1 Å². The van der Waals surface area contributed by atoms with Crippen molar-refractivity contribution in [1.82, 2.24) is 9.97 Å². The maximum absolute atomic E-state index is 12.3. The standard InChI is InChI=1S/C22H18N2O6/c1-29-11-14-10-17(27)20(28)21(30-14)19-18(12-5-3-2-4-6-12)23-22(24-19)15-9-13(25)7-8-16(15)26/h2-10,25-26,28H,11H2,1H3,(H,23,24). The number of benzene rings is 2. The molecule has 8 heteroatoms. The van der Waals surface area contributed by atoms with Crippen LogP contribution in [0.1, 0.15) is 5.76 Å². The number of hydrogen-bond acceptors (Lipinski definition) is 7. The smallest absolute Gasteiger partial charge is 0.227 e. The summed E-state index contributed by atoms with van der Waals surface area (Å²) in [6.07, 6.45) is 0. The van der Waals surface area contributed by atoms with Gasteiger partial charge in [0.25, 0.3) is 0 Å². The van der Waals surface area contributed by atoms with Gasteiger partial charge in [-0.15, -0.1) is 0 Å². The molecule has 0 aliphatic heterocycles. The first-order valence-electron chi connectivity index (χ1n) is 9.01. The number of nitrogens with zero attached hydrogens (tertiary/aromatic N) is 1. The van der Waals surface area contributed by atoms with Gasteiger partial charge in [0.2, 0.25) is 11.2 Å². The molecule has 2 heterocycles. The summed E-state index contributed by atoms with van der Waals surface area (Å²) in [5.41, 5.74) is 0.939. The summed E-state index contributed by atoms with van der Waals surface area (Å²) in [5, 5.41) is 30.5. The number of phenols is 2. The quantitative estimate of drug-likeness (QED) is 0.373. The Morgan fingerprint density at radius 3 is 2.57 bits per heavy atom. The molecule has 4 N–H and O–H groups in total. The molecule has 4 aromatic rings. The zero-order valence-corrected chi connectivity index (χ0v) is 15.9. The van der Waals surface area contributed by atoms with Crippen LogP contribution in [0.25, 0.3) is 34.1 Å². The zero-order chi connectivity index (χ0) is 21.3. The van der Waals surface area contributed by atoms with Crippen LogP contribution < -0.4 is 5.43 Å². The minimum absolute atomic E-state index is 0.0392. The molecule has 0 saturated heterocycles. The molecular weight excluding hydrogens is 388 g/mol. The molecule has 0 spiro atoms. The van der Waals surface area contributed by atoms with Crippen LogP contribution in [0.5, 0.6) is 17.2 Å². The third-order valence-corrected chi connectivity index (χ3v) is 4.47. The third kappa shape index (κ3) is 3.51. The van der Waals surface area contributed by atoms with Gasteiger partial charge in [0.1, 0.15) is 41.1 Å². The molecule has 0 amide bonds. The highest BCUT2D eigenvalue weighted by molar-refractivity contribution is 5.82. The van der Waals surface area contributed by atoms with Crippen molar-refractivity contribution in [3.8, 4) is 51.3 Å².